The molecule has 170 valence electrons. The van der Waals surface area contributed by atoms with Crippen molar-refractivity contribution < 1.29 is 27.5 Å². The number of halogens is 3. The van der Waals surface area contributed by atoms with E-state index in [-0.39, 0.29) is 4.87 Å². The number of para-hydroxylation sites is 2. The molecule has 0 aliphatic carbocycles. The molecule has 1 N–H and O–H groups in total. The minimum atomic E-state index is -4.75. The largest absolute Gasteiger partial charge is 0.496 e. The number of nitrogens with one attached hydrogen (secondary N) is 1. The van der Waals surface area contributed by atoms with Crippen molar-refractivity contribution in [2.75, 3.05) is 12.0 Å². The number of imide groups is 1. The van der Waals surface area contributed by atoms with E-state index in [0.29, 0.717) is 26.1 Å². The summed E-state index contributed by atoms with van der Waals surface area (Å²) in [5.41, 5.74) is -0.975. The summed E-state index contributed by atoms with van der Waals surface area (Å²) in [6, 6.07) is 11.4. The molecular weight excluding hydrogens is 477 g/mol. The number of anilines is 1. The molecule has 0 spiro atoms. The molecule has 2 amide bonds. The second-order valence-corrected chi connectivity index (χ2v) is 9.69. The second kappa shape index (κ2) is 7.77. The lowest BCUT2D eigenvalue weighted by Crippen LogP contribution is -2.33. The van der Waals surface area contributed by atoms with Crippen molar-refractivity contribution >= 4 is 40.6 Å². The molecule has 0 radical (unpaired) electrons. The van der Waals surface area contributed by atoms with Crippen molar-refractivity contribution in [1.82, 2.24) is 4.98 Å². The van der Waals surface area contributed by atoms with E-state index in [4.69, 9.17) is 4.74 Å². The highest BCUT2D eigenvalue weighted by atomic mass is 32.2. The van der Waals surface area contributed by atoms with Crippen LogP contribution in [0, 0.1) is 5.92 Å². The monoisotopic (exact) mass is 492 g/mol. The quantitative estimate of drug-likeness (QED) is 0.553. The summed E-state index contributed by atoms with van der Waals surface area (Å²) in [5.74, 6) is -2.76. The number of ether oxygens (including phenoxy) is 1. The number of aromatic nitrogens is 1. The number of carbonyl (C=O) groups excluding carboxylic acids is 2. The fourth-order valence-corrected chi connectivity index (χ4v) is 6.93. The second-order valence-electron chi connectivity index (χ2n) is 7.52. The fraction of sp³-hybridized carbons (Fsp3) is 0.227. The minimum Gasteiger partial charge on any atom is -0.496 e. The van der Waals surface area contributed by atoms with Crippen LogP contribution in [0.4, 0.5) is 18.9 Å². The zero-order valence-electron chi connectivity index (χ0n) is 16.9. The average molecular weight is 493 g/mol. The molecule has 3 atom stereocenters. The van der Waals surface area contributed by atoms with Crippen LogP contribution in [0.15, 0.2) is 58.4 Å². The van der Waals surface area contributed by atoms with E-state index in [1.807, 2.05) is 0 Å². The van der Waals surface area contributed by atoms with E-state index >= 15 is 0 Å². The van der Waals surface area contributed by atoms with Gasteiger partial charge in [-0.15, -0.1) is 0 Å². The van der Waals surface area contributed by atoms with E-state index in [2.05, 4.69) is 4.98 Å². The summed E-state index contributed by atoms with van der Waals surface area (Å²) < 4.78 is 46.5. The number of methoxy groups -OCH3 is 1. The lowest BCUT2D eigenvalue weighted by molar-refractivity contribution is -0.137. The van der Waals surface area contributed by atoms with Gasteiger partial charge in [0, 0.05) is 16.4 Å². The molecule has 3 heterocycles. The number of rotatable bonds is 3. The third kappa shape index (κ3) is 3.37. The van der Waals surface area contributed by atoms with E-state index in [0.717, 1.165) is 35.2 Å². The molecule has 0 saturated carbocycles. The summed E-state index contributed by atoms with van der Waals surface area (Å²) in [7, 11) is 1.46. The first-order valence-electron chi connectivity index (χ1n) is 9.79. The van der Waals surface area contributed by atoms with Crippen molar-refractivity contribution in [3.63, 3.8) is 0 Å². The molecule has 11 heteroatoms. The summed E-state index contributed by atoms with van der Waals surface area (Å²) in [5, 5.41) is -0.555. The summed E-state index contributed by atoms with van der Waals surface area (Å²) in [6.07, 6.45) is -4.75. The first-order valence-corrected chi connectivity index (χ1v) is 11.5. The molecule has 1 aromatic heterocycles. The highest BCUT2D eigenvalue weighted by Crippen LogP contribution is 2.55. The van der Waals surface area contributed by atoms with Crippen molar-refractivity contribution in [2.24, 2.45) is 5.92 Å². The van der Waals surface area contributed by atoms with Gasteiger partial charge in [-0.1, -0.05) is 53.4 Å². The molecule has 2 aliphatic heterocycles. The Kier molecular flexibility index (Phi) is 5.13. The van der Waals surface area contributed by atoms with Crippen LogP contribution in [0.2, 0.25) is 0 Å². The third-order valence-corrected chi connectivity index (χ3v) is 8.15. The first-order chi connectivity index (χ1) is 15.7. The third-order valence-electron chi connectivity index (χ3n) is 5.75. The van der Waals surface area contributed by atoms with Crippen molar-refractivity contribution in [1.29, 1.82) is 0 Å². The Morgan fingerprint density at radius 2 is 1.70 bits per heavy atom. The van der Waals surface area contributed by atoms with E-state index < -0.39 is 46.3 Å². The molecule has 2 aliphatic rings. The summed E-state index contributed by atoms with van der Waals surface area (Å²) in [6.45, 7) is 0. The molecule has 3 aromatic rings. The number of H-pyrrole nitrogens is 1. The van der Waals surface area contributed by atoms with Crippen molar-refractivity contribution in [3.05, 3.63) is 74.2 Å². The van der Waals surface area contributed by atoms with Gasteiger partial charge in [-0.25, -0.2) is 4.90 Å². The highest BCUT2D eigenvalue weighted by molar-refractivity contribution is 8.00. The highest BCUT2D eigenvalue weighted by Gasteiger charge is 2.57. The number of benzene rings is 2. The molecule has 1 fully saturated rings. The number of carbonyl (C=O) groups is 2. The van der Waals surface area contributed by atoms with Crippen LogP contribution in [-0.2, 0) is 15.8 Å². The number of alkyl halides is 3. The van der Waals surface area contributed by atoms with E-state index in [1.54, 1.807) is 24.3 Å². The number of hydrogen-bond donors (Lipinski definition) is 1. The van der Waals surface area contributed by atoms with Crippen LogP contribution in [0.3, 0.4) is 0 Å². The van der Waals surface area contributed by atoms with Gasteiger partial charge < -0.3 is 9.72 Å². The average Bonchev–Trinajstić information content (AvgIpc) is 3.27. The van der Waals surface area contributed by atoms with Crippen LogP contribution in [0.25, 0.3) is 0 Å². The predicted molar refractivity (Wildman–Crippen MR) is 117 cm³/mol. The smallest absolute Gasteiger partial charge is 0.418 e. The van der Waals surface area contributed by atoms with Crippen LogP contribution < -0.4 is 14.5 Å². The van der Waals surface area contributed by atoms with Gasteiger partial charge >= 0.3 is 11.0 Å². The Morgan fingerprint density at radius 3 is 2.42 bits per heavy atom. The van der Waals surface area contributed by atoms with E-state index in [1.165, 1.54) is 19.2 Å². The number of thiazole rings is 1. The summed E-state index contributed by atoms with van der Waals surface area (Å²) >= 11 is 1.92. The van der Waals surface area contributed by atoms with E-state index in [9.17, 15) is 27.6 Å². The first kappa shape index (κ1) is 21.8. The predicted octanol–water partition coefficient (Wildman–Crippen LogP) is 4.26. The topological polar surface area (TPSA) is 79.5 Å². The fourth-order valence-electron chi connectivity index (χ4n) is 4.42. The molecule has 0 unspecified atom stereocenters. The maximum absolute atomic E-state index is 13.7. The lowest BCUT2D eigenvalue weighted by atomic mass is 9.82. The van der Waals surface area contributed by atoms with Crippen LogP contribution >= 0.6 is 23.1 Å². The zero-order chi connectivity index (χ0) is 23.5. The molecule has 6 nitrogen and oxygen atoms in total. The van der Waals surface area contributed by atoms with Gasteiger partial charge in [-0.3, -0.25) is 14.4 Å². The van der Waals surface area contributed by atoms with Crippen LogP contribution in [-0.4, -0.2) is 29.2 Å². The normalized spacial score (nSPS) is 22.3. The Labute approximate surface area is 193 Å². The Bertz CT molecular complexity index is 1330. The number of aromatic amines is 1. The lowest BCUT2D eigenvalue weighted by Gasteiger charge is -2.30. The van der Waals surface area contributed by atoms with Gasteiger partial charge in [0.25, 0.3) is 0 Å². The maximum Gasteiger partial charge on any atom is 0.418 e. The molecule has 0 bridgehead atoms. The van der Waals surface area contributed by atoms with Gasteiger partial charge in [-0.05, 0) is 18.2 Å². The molecule has 5 rings (SSSR count). The molecular formula is C22H15F3N2O4S2. The van der Waals surface area contributed by atoms with Crippen LogP contribution in [0.1, 0.15) is 21.9 Å². The molecule has 2 aromatic carbocycles. The minimum absolute atomic E-state index is 0.341. The van der Waals surface area contributed by atoms with Gasteiger partial charge in [0.15, 0.2) is 0 Å². The zero-order valence-corrected chi connectivity index (χ0v) is 18.5. The maximum atomic E-state index is 13.7. The van der Waals surface area contributed by atoms with Crippen molar-refractivity contribution in [2.45, 2.75) is 22.4 Å². The SMILES string of the molecule is COc1ccccc1[C@@H]1c2sc(=O)[nH]c2S[C@H]2C(=O)N(c3ccccc3C(F)(F)F)C(=O)[C@@H]12. The van der Waals surface area contributed by atoms with Gasteiger partial charge in [0.2, 0.25) is 11.8 Å². The Morgan fingerprint density at radius 1 is 1.00 bits per heavy atom. The number of amides is 2. The van der Waals surface area contributed by atoms with Gasteiger partial charge in [0.05, 0.1) is 29.3 Å². The number of fused-ring (bicyclic) bond motifs is 2. The molecule has 1 saturated heterocycles. The van der Waals surface area contributed by atoms with Crippen LogP contribution in [0.5, 0.6) is 5.75 Å². The van der Waals surface area contributed by atoms with Crippen molar-refractivity contribution in [3.8, 4) is 5.75 Å². The number of thioether (sulfide) groups is 1. The van der Waals surface area contributed by atoms with Gasteiger partial charge in [0.1, 0.15) is 11.0 Å². The molecule has 33 heavy (non-hydrogen) atoms. The van der Waals surface area contributed by atoms with Gasteiger partial charge in [-0.2, -0.15) is 13.2 Å². The Balaban J connectivity index is 1.69. The summed E-state index contributed by atoms with van der Waals surface area (Å²) in [4.78, 5) is 42.7. The standard InChI is InChI=1S/C22H15F3N2O4S2/c1-31-13-9-5-2-6-10(13)14-15-17(32-18-16(14)33-21(30)26-18)20(29)27(19(15)28)12-8-4-3-7-11(12)22(23,24)25/h2-9,14-15,17H,1H3,(H,26,30)/t14-,15-,17+/m0/s1. The number of nitrogens with zero attached hydrogens (tertiary/aromatic N) is 1. The Hall–Kier alpha value is -3.05. The number of hydrogen-bond acceptors (Lipinski definition) is 6.